The second-order valence-electron chi connectivity index (χ2n) is 4.83. The van der Waals surface area contributed by atoms with Gasteiger partial charge in [0.2, 0.25) is 15.9 Å². The van der Waals surface area contributed by atoms with E-state index in [0.29, 0.717) is 32.9 Å². The van der Waals surface area contributed by atoms with E-state index in [9.17, 15) is 13.2 Å². The molecule has 0 aliphatic carbocycles. The van der Waals surface area contributed by atoms with E-state index in [0.717, 1.165) is 19.1 Å². The van der Waals surface area contributed by atoms with E-state index in [1.54, 1.807) is 0 Å². The normalized spacial score (nSPS) is 17.4. The van der Waals surface area contributed by atoms with Crippen molar-refractivity contribution in [2.24, 2.45) is 5.92 Å². The van der Waals surface area contributed by atoms with E-state index in [1.165, 1.54) is 11.4 Å². The van der Waals surface area contributed by atoms with Crippen molar-refractivity contribution in [3.05, 3.63) is 0 Å². The Morgan fingerprint density at radius 2 is 2.00 bits per heavy atom. The molecule has 1 heterocycles. The number of nitrogens with one attached hydrogen (secondary N) is 1. The minimum Gasteiger partial charge on any atom is -0.383 e. The summed E-state index contributed by atoms with van der Waals surface area (Å²) in [7, 11) is -1.76. The van der Waals surface area contributed by atoms with Gasteiger partial charge in [0.15, 0.2) is 0 Å². The summed E-state index contributed by atoms with van der Waals surface area (Å²) >= 11 is 0. The lowest BCUT2D eigenvalue weighted by Crippen LogP contribution is -2.42. The van der Waals surface area contributed by atoms with Crippen LogP contribution in [0.5, 0.6) is 0 Å². The van der Waals surface area contributed by atoms with Crippen LogP contribution in [0.1, 0.15) is 12.8 Å². The molecule has 118 valence electrons. The fourth-order valence-corrected chi connectivity index (χ4v) is 2.87. The second kappa shape index (κ2) is 8.56. The van der Waals surface area contributed by atoms with Gasteiger partial charge in [-0.25, -0.2) is 8.42 Å². The van der Waals surface area contributed by atoms with Crippen molar-refractivity contribution < 1.29 is 22.7 Å². The number of methoxy groups -OCH3 is 1. The molecule has 1 aliphatic rings. The van der Waals surface area contributed by atoms with Gasteiger partial charge in [-0.2, -0.15) is 4.31 Å². The van der Waals surface area contributed by atoms with E-state index in [1.807, 2.05) is 0 Å². The van der Waals surface area contributed by atoms with Crippen molar-refractivity contribution in [3.8, 4) is 0 Å². The number of carbonyl (C=O) groups excluding carboxylic acids is 1. The zero-order valence-corrected chi connectivity index (χ0v) is 12.9. The van der Waals surface area contributed by atoms with Crippen LogP contribution in [0.3, 0.4) is 0 Å². The topological polar surface area (TPSA) is 84.9 Å². The minimum absolute atomic E-state index is 0.0191. The predicted molar refractivity (Wildman–Crippen MR) is 74.8 cm³/mol. The van der Waals surface area contributed by atoms with Crippen LogP contribution in [0, 0.1) is 5.92 Å². The molecule has 0 radical (unpaired) electrons. The minimum atomic E-state index is -3.28. The Morgan fingerprint density at radius 3 is 2.55 bits per heavy atom. The molecule has 0 saturated carbocycles. The molecule has 0 bridgehead atoms. The maximum absolute atomic E-state index is 11.9. The molecule has 8 heteroatoms. The average molecular weight is 308 g/mol. The lowest BCUT2D eigenvalue weighted by atomic mass is 9.99. The van der Waals surface area contributed by atoms with E-state index in [-0.39, 0.29) is 18.4 Å². The van der Waals surface area contributed by atoms with Gasteiger partial charge in [0, 0.05) is 45.9 Å². The van der Waals surface area contributed by atoms with E-state index >= 15 is 0 Å². The van der Waals surface area contributed by atoms with Gasteiger partial charge in [-0.15, -0.1) is 0 Å². The van der Waals surface area contributed by atoms with Crippen LogP contribution in [0.2, 0.25) is 0 Å². The monoisotopic (exact) mass is 308 g/mol. The van der Waals surface area contributed by atoms with Gasteiger partial charge in [-0.05, 0) is 12.8 Å². The van der Waals surface area contributed by atoms with Crippen molar-refractivity contribution >= 4 is 15.9 Å². The Hall–Kier alpha value is -0.700. The van der Waals surface area contributed by atoms with Gasteiger partial charge in [0.05, 0.1) is 12.9 Å². The Kier molecular flexibility index (Phi) is 7.42. The molecule has 0 aromatic rings. The maximum atomic E-state index is 11.9. The molecule has 7 nitrogen and oxygen atoms in total. The fourth-order valence-electron chi connectivity index (χ4n) is 2.04. The summed E-state index contributed by atoms with van der Waals surface area (Å²) in [6, 6.07) is 0. The van der Waals surface area contributed by atoms with Gasteiger partial charge in [0.1, 0.15) is 0 Å². The quantitative estimate of drug-likeness (QED) is 0.649. The van der Waals surface area contributed by atoms with Crippen LogP contribution in [-0.4, -0.2) is 71.5 Å². The average Bonchev–Trinajstić information content (AvgIpc) is 2.42. The first kappa shape index (κ1) is 17.4. The van der Waals surface area contributed by atoms with E-state index in [2.05, 4.69) is 5.32 Å². The van der Waals surface area contributed by atoms with Gasteiger partial charge < -0.3 is 14.8 Å². The second-order valence-corrected chi connectivity index (χ2v) is 6.81. The molecular formula is C12H24N2O5S. The summed E-state index contributed by atoms with van der Waals surface area (Å²) in [4.78, 5) is 11.9. The number of amides is 1. The molecule has 1 aliphatic heterocycles. The highest BCUT2D eigenvalue weighted by atomic mass is 32.2. The van der Waals surface area contributed by atoms with Crippen molar-refractivity contribution in [3.63, 3.8) is 0 Å². The highest BCUT2D eigenvalue weighted by Gasteiger charge is 2.22. The van der Waals surface area contributed by atoms with E-state index in [4.69, 9.17) is 9.47 Å². The summed E-state index contributed by atoms with van der Waals surface area (Å²) in [6.07, 6.45) is 2.61. The smallest absolute Gasteiger partial charge is 0.223 e. The lowest BCUT2D eigenvalue weighted by molar-refractivity contribution is -0.127. The molecule has 20 heavy (non-hydrogen) atoms. The number of hydrogen-bond acceptors (Lipinski definition) is 5. The van der Waals surface area contributed by atoms with Crippen LogP contribution >= 0.6 is 0 Å². The van der Waals surface area contributed by atoms with Gasteiger partial charge in [-0.1, -0.05) is 0 Å². The number of hydrogen-bond donors (Lipinski definition) is 1. The third-order valence-corrected chi connectivity index (χ3v) is 4.57. The van der Waals surface area contributed by atoms with Crippen LogP contribution in [0.25, 0.3) is 0 Å². The zero-order valence-electron chi connectivity index (χ0n) is 12.1. The molecule has 0 atom stereocenters. The Balaban J connectivity index is 2.34. The molecule has 1 amide bonds. The largest absolute Gasteiger partial charge is 0.383 e. The first-order valence-corrected chi connectivity index (χ1v) is 8.59. The molecule has 0 unspecified atom stereocenters. The van der Waals surface area contributed by atoms with Gasteiger partial charge in [-0.3, -0.25) is 4.79 Å². The Morgan fingerprint density at radius 1 is 1.35 bits per heavy atom. The molecule has 0 spiro atoms. The third-order valence-electron chi connectivity index (χ3n) is 3.27. The standard InChI is InChI=1S/C12H24N2O5S/c1-18-10-7-14(20(2,16)17)6-5-13-12(15)11-3-8-19-9-4-11/h11H,3-10H2,1-2H3,(H,13,15). The van der Waals surface area contributed by atoms with Crippen molar-refractivity contribution in [1.82, 2.24) is 9.62 Å². The van der Waals surface area contributed by atoms with Crippen LogP contribution < -0.4 is 5.32 Å². The van der Waals surface area contributed by atoms with Gasteiger partial charge in [0.25, 0.3) is 0 Å². The molecular weight excluding hydrogens is 284 g/mol. The van der Waals surface area contributed by atoms with Crippen LogP contribution in [-0.2, 0) is 24.3 Å². The van der Waals surface area contributed by atoms with Crippen molar-refractivity contribution in [2.45, 2.75) is 12.8 Å². The molecule has 1 fully saturated rings. The summed E-state index contributed by atoms with van der Waals surface area (Å²) in [5.41, 5.74) is 0. The molecule has 0 aromatic heterocycles. The summed E-state index contributed by atoms with van der Waals surface area (Å²) in [6.45, 7) is 2.43. The third kappa shape index (κ3) is 6.17. The number of ether oxygens (including phenoxy) is 2. The number of carbonyl (C=O) groups is 1. The first-order valence-electron chi connectivity index (χ1n) is 6.74. The van der Waals surface area contributed by atoms with Crippen LogP contribution in [0.4, 0.5) is 0 Å². The Labute approximate surface area is 120 Å². The summed E-state index contributed by atoms with van der Waals surface area (Å²) < 4.78 is 34.5. The Bertz CT molecular complexity index is 393. The van der Waals surface area contributed by atoms with E-state index < -0.39 is 10.0 Å². The number of rotatable bonds is 8. The highest BCUT2D eigenvalue weighted by Crippen LogP contribution is 2.14. The maximum Gasteiger partial charge on any atom is 0.223 e. The van der Waals surface area contributed by atoms with Crippen LogP contribution in [0.15, 0.2) is 0 Å². The summed E-state index contributed by atoms with van der Waals surface area (Å²) in [5.74, 6) is -0.0390. The zero-order chi connectivity index (χ0) is 15.0. The number of nitrogens with zero attached hydrogens (tertiary/aromatic N) is 1. The molecule has 1 rings (SSSR count). The molecule has 0 aromatic carbocycles. The SMILES string of the molecule is COCCN(CCNC(=O)C1CCOCC1)S(C)(=O)=O. The molecule has 1 N–H and O–H groups in total. The first-order chi connectivity index (χ1) is 9.45. The van der Waals surface area contributed by atoms with Crippen molar-refractivity contribution in [1.29, 1.82) is 0 Å². The van der Waals surface area contributed by atoms with Crippen molar-refractivity contribution in [2.75, 3.05) is 52.8 Å². The lowest BCUT2D eigenvalue weighted by Gasteiger charge is -2.23. The van der Waals surface area contributed by atoms with Gasteiger partial charge >= 0.3 is 0 Å². The number of sulfonamides is 1. The fraction of sp³-hybridized carbons (Fsp3) is 0.917. The molecule has 1 saturated heterocycles. The summed E-state index contributed by atoms with van der Waals surface area (Å²) in [5, 5.41) is 2.79. The predicted octanol–water partition coefficient (Wildman–Crippen LogP) is -0.563. The highest BCUT2D eigenvalue weighted by molar-refractivity contribution is 7.88.